The zero-order valence-electron chi connectivity index (χ0n) is 11.1. The number of hydrogen-bond acceptors (Lipinski definition) is 3. The summed E-state index contributed by atoms with van der Waals surface area (Å²) in [6, 6.07) is 16.2. The van der Waals surface area contributed by atoms with E-state index in [1.54, 1.807) is 24.3 Å². The van der Waals surface area contributed by atoms with E-state index >= 15 is 0 Å². The van der Waals surface area contributed by atoms with Crippen LogP contribution in [0.15, 0.2) is 59.4 Å². The Hall–Kier alpha value is -3.13. The highest BCUT2D eigenvalue weighted by molar-refractivity contribution is 5.84. The molecule has 0 fully saturated rings. The van der Waals surface area contributed by atoms with Gasteiger partial charge in [0.25, 0.3) is 5.43 Å². The molecule has 0 amide bonds. The summed E-state index contributed by atoms with van der Waals surface area (Å²) in [7, 11) is 0. The van der Waals surface area contributed by atoms with Crippen LogP contribution in [0, 0.1) is 5.39 Å². The fourth-order valence-electron chi connectivity index (χ4n) is 2.37. The number of pyridine rings is 1. The van der Waals surface area contributed by atoms with E-state index in [4.69, 9.17) is 5.39 Å². The minimum absolute atomic E-state index is 0.309. The fourth-order valence-corrected chi connectivity index (χ4v) is 2.37. The number of hydrogen-bond donors (Lipinski definition) is 0. The van der Waals surface area contributed by atoms with Crippen LogP contribution < -0.4 is 10.5 Å². The number of rotatable bonds is 2. The molecule has 0 saturated heterocycles. The molecule has 5 heteroatoms. The Morgan fingerprint density at radius 1 is 1.05 bits per heavy atom. The molecule has 0 atom stereocenters. The van der Waals surface area contributed by atoms with Gasteiger partial charge in [-0.15, -0.1) is 0 Å². The summed E-state index contributed by atoms with van der Waals surface area (Å²) in [5, 5.41) is 21.7. The van der Waals surface area contributed by atoms with Gasteiger partial charge in [-0.05, 0) is 17.7 Å². The molecule has 0 aliphatic rings. The van der Waals surface area contributed by atoms with E-state index in [1.165, 1.54) is 4.57 Å². The van der Waals surface area contributed by atoms with Gasteiger partial charge in [0.1, 0.15) is 0 Å². The molecule has 3 aromatic rings. The molecule has 0 aliphatic carbocycles. The van der Waals surface area contributed by atoms with Crippen molar-refractivity contribution in [1.82, 2.24) is 4.57 Å². The van der Waals surface area contributed by atoms with Gasteiger partial charge in [-0.2, -0.15) is 0 Å². The normalized spacial score (nSPS) is 10.4. The van der Waals surface area contributed by atoms with Crippen LogP contribution in [-0.2, 0) is 6.54 Å². The van der Waals surface area contributed by atoms with Crippen LogP contribution in [0.2, 0.25) is 0 Å². The molecule has 0 aliphatic heterocycles. The average Bonchev–Trinajstić information content (AvgIpc) is 2.53. The number of fused-ring (bicyclic) bond motifs is 1. The molecule has 1 heterocycles. The first kappa shape index (κ1) is 12.9. The Balaban J connectivity index is 2.31. The van der Waals surface area contributed by atoms with Crippen LogP contribution in [0.4, 0.5) is 5.69 Å². The molecule has 0 unspecified atom stereocenters. The van der Waals surface area contributed by atoms with Crippen molar-refractivity contribution in [2.75, 3.05) is 0 Å². The molecule has 102 valence electrons. The van der Waals surface area contributed by atoms with Gasteiger partial charge in [0.2, 0.25) is 5.39 Å². The molecule has 0 radical (unpaired) electrons. The molecule has 0 spiro atoms. The van der Waals surface area contributed by atoms with Crippen molar-refractivity contribution in [3.8, 4) is 5.88 Å². The first-order valence-corrected chi connectivity index (χ1v) is 6.44. The van der Waals surface area contributed by atoms with E-state index in [-0.39, 0.29) is 0 Å². The minimum Gasteiger partial charge on any atom is -0.854 e. The van der Waals surface area contributed by atoms with Crippen LogP contribution in [-0.4, -0.2) is 4.57 Å². The number of aromatic nitrogens is 1. The first-order chi connectivity index (χ1) is 10.2. The van der Waals surface area contributed by atoms with E-state index in [0.717, 1.165) is 5.56 Å². The second-order valence-corrected chi connectivity index (χ2v) is 4.67. The van der Waals surface area contributed by atoms with Gasteiger partial charge in [-0.3, -0.25) is 4.79 Å². The van der Waals surface area contributed by atoms with E-state index < -0.39 is 17.0 Å². The quantitative estimate of drug-likeness (QED) is 0.676. The third-order valence-corrected chi connectivity index (χ3v) is 3.39. The Labute approximate surface area is 120 Å². The topological polar surface area (TPSA) is 73.2 Å². The van der Waals surface area contributed by atoms with Crippen molar-refractivity contribution in [2.24, 2.45) is 0 Å². The molecular weight excluding hydrogens is 266 g/mol. The summed E-state index contributed by atoms with van der Waals surface area (Å²) in [5.74, 6) is -0.593. The van der Waals surface area contributed by atoms with E-state index in [1.807, 2.05) is 30.3 Å². The van der Waals surface area contributed by atoms with Crippen LogP contribution in [0.25, 0.3) is 15.9 Å². The molecule has 0 N–H and O–H groups in total. The minimum atomic E-state index is -0.593. The number of diazo groups is 1. The second-order valence-electron chi connectivity index (χ2n) is 4.67. The van der Waals surface area contributed by atoms with Gasteiger partial charge < -0.3 is 9.67 Å². The standard InChI is InChI=1S/C16H11N3O2/c17-18-14-15(20)12-8-4-5-9-13(12)19(16(14)21)10-11-6-2-1-3-7-11/h1-9H,10H2. The lowest BCUT2D eigenvalue weighted by molar-refractivity contribution is -0.277. The lowest BCUT2D eigenvalue weighted by Gasteiger charge is -2.17. The average molecular weight is 277 g/mol. The molecule has 0 bridgehead atoms. The molecule has 3 rings (SSSR count). The van der Waals surface area contributed by atoms with Gasteiger partial charge in [0.05, 0.1) is 16.8 Å². The molecule has 21 heavy (non-hydrogen) atoms. The van der Waals surface area contributed by atoms with Gasteiger partial charge in [-0.1, -0.05) is 42.5 Å². The SMILES string of the molecule is N#[N+]c1c([O-])n(Cc2ccccc2)c2ccccc2c1=O. The van der Waals surface area contributed by atoms with Gasteiger partial charge in [0.15, 0.2) is 4.98 Å². The third-order valence-electron chi connectivity index (χ3n) is 3.39. The monoisotopic (exact) mass is 277 g/mol. The summed E-state index contributed by atoms with van der Waals surface area (Å²) in [5.41, 5.74) is 0.447. The number of para-hydroxylation sites is 1. The van der Waals surface area contributed by atoms with Crippen LogP contribution in [0.1, 0.15) is 5.56 Å². The van der Waals surface area contributed by atoms with Crippen LogP contribution >= 0.6 is 0 Å². The third kappa shape index (κ3) is 2.13. The maximum absolute atomic E-state index is 12.3. The Morgan fingerprint density at radius 3 is 2.43 bits per heavy atom. The summed E-state index contributed by atoms with van der Waals surface area (Å²) in [6.45, 7) is 0.309. The Kier molecular flexibility index (Phi) is 3.13. The zero-order chi connectivity index (χ0) is 14.8. The summed E-state index contributed by atoms with van der Waals surface area (Å²) < 4.78 is 1.45. The predicted molar refractivity (Wildman–Crippen MR) is 77.9 cm³/mol. The molecular formula is C16H11N3O2. The van der Waals surface area contributed by atoms with Gasteiger partial charge >= 0.3 is 5.69 Å². The summed E-state index contributed by atoms with van der Waals surface area (Å²) in [4.78, 5) is 15.0. The van der Waals surface area contributed by atoms with Crippen molar-refractivity contribution in [3.05, 3.63) is 75.4 Å². The summed E-state index contributed by atoms with van der Waals surface area (Å²) >= 11 is 0. The highest BCUT2D eigenvalue weighted by Crippen LogP contribution is 2.26. The van der Waals surface area contributed by atoms with Crippen LogP contribution in [0.3, 0.4) is 0 Å². The van der Waals surface area contributed by atoms with E-state index in [2.05, 4.69) is 4.98 Å². The molecule has 1 aromatic heterocycles. The second kappa shape index (κ2) is 5.10. The molecule has 0 saturated carbocycles. The van der Waals surface area contributed by atoms with E-state index in [0.29, 0.717) is 17.4 Å². The number of nitrogens with zero attached hydrogens (tertiary/aromatic N) is 3. The van der Waals surface area contributed by atoms with Crippen molar-refractivity contribution < 1.29 is 5.11 Å². The lowest BCUT2D eigenvalue weighted by Crippen LogP contribution is -2.15. The largest absolute Gasteiger partial charge is 0.854 e. The van der Waals surface area contributed by atoms with Crippen molar-refractivity contribution in [3.63, 3.8) is 0 Å². The zero-order valence-corrected chi connectivity index (χ0v) is 11.1. The van der Waals surface area contributed by atoms with Gasteiger partial charge in [-0.25, -0.2) is 0 Å². The molecule has 5 nitrogen and oxygen atoms in total. The highest BCUT2D eigenvalue weighted by atomic mass is 16.3. The van der Waals surface area contributed by atoms with Crippen molar-refractivity contribution >= 4 is 16.6 Å². The smallest absolute Gasteiger partial charge is 0.440 e. The lowest BCUT2D eigenvalue weighted by atomic mass is 10.1. The van der Waals surface area contributed by atoms with Crippen molar-refractivity contribution in [1.29, 1.82) is 5.39 Å². The van der Waals surface area contributed by atoms with E-state index in [9.17, 15) is 9.90 Å². The molecule has 2 aromatic carbocycles. The Bertz CT molecular complexity index is 908. The predicted octanol–water partition coefficient (Wildman–Crippen LogP) is 2.61. The summed E-state index contributed by atoms with van der Waals surface area (Å²) in [6.07, 6.45) is 0. The highest BCUT2D eigenvalue weighted by Gasteiger charge is 2.20. The maximum atomic E-state index is 12.3. The van der Waals surface area contributed by atoms with Crippen LogP contribution in [0.5, 0.6) is 5.88 Å². The Morgan fingerprint density at radius 2 is 1.71 bits per heavy atom. The van der Waals surface area contributed by atoms with Gasteiger partial charge in [0, 0.05) is 6.54 Å². The van der Waals surface area contributed by atoms with Crippen molar-refractivity contribution in [2.45, 2.75) is 6.54 Å². The fraction of sp³-hybridized carbons (Fsp3) is 0.0625. The number of benzene rings is 2. The first-order valence-electron chi connectivity index (χ1n) is 6.44. The maximum Gasteiger partial charge on any atom is 0.440 e.